The number of benzene rings is 1. The summed E-state index contributed by atoms with van der Waals surface area (Å²) in [5.74, 6) is 1.60. The van der Waals surface area contributed by atoms with Crippen molar-refractivity contribution in [2.24, 2.45) is 5.92 Å². The Morgan fingerprint density at radius 3 is 2.48 bits per heavy atom. The van der Waals surface area contributed by atoms with Gasteiger partial charge < -0.3 is 10.1 Å². The molecule has 0 atom stereocenters. The molecule has 0 spiro atoms. The smallest absolute Gasteiger partial charge is 0.227 e. The topological polar surface area (TPSA) is 67.4 Å². The molecule has 2 aromatic heterocycles. The lowest BCUT2D eigenvalue weighted by Crippen LogP contribution is -2.37. The monoisotopic (exact) mass is 408 g/mol. The van der Waals surface area contributed by atoms with Crippen molar-refractivity contribution in [1.29, 1.82) is 0 Å². The second-order valence-corrected chi connectivity index (χ2v) is 8.27. The average Bonchev–Trinajstić information content (AvgIpc) is 3.15. The lowest BCUT2D eigenvalue weighted by atomic mass is 9.95. The van der Waals surface area contributed by atoms with Crippen LogP contribution in [-0.4, -0.2) is 33.9 Å². The van der Waals surface area contributed by atoms with Gasteiger partial charge in [0, 0.05) is 35.9 Å². The third-order valence-corrected chi connectivity index (χ3v) is 5.84. The fraction of sp³-hybridized carbons (Fsp3) is 0.318. The number of thiazole rings is 1. The number of amides is 1. The maximum Gasteiger partial charge on any atom is 0.227 e. The minimum Gasteiger partial charge on any atom is -0.457 e. The van der Waals surface area contributed by atoms with Gasteiger partial charge in [-0.2, -0.15) is 0 Å². The minimum atomic E-state index is 0.0520. The SMILES string of the molecule is Cc1nc(CN2CCC(C(=O)Nc3ccc(Oc4ccncc4)cc3)CC2)cs1. The number of anilines is 1. The van der Waals surface area contributed by atoms with E-state index in [1.54, 1.807) is 35.9 Å². The highest BCUT2D eigenvalue weighted by molar-refractivity contribution is 7.09. The van der Waals surface area contributed by atoms with E-state index in [0.717, 1.165) is 60.4 Å². The summed E-state index contributed by atoms with van der Waals surface area (Å²) in [5.41, 5.74) is 1.92. The molecule has 7 heteroatoms. The number of ether oxygens (including phenoxy) is 1. The highest BCUT2D eigenvalue weighted by atomic mass is 32.1. The van der Waals surface area contributed by atoms with E-state index in [0.29, 0.717) is 0 Å². The molecule has 4 rings (SSSR count). The maximum atomic E-state index is 12.6. The molecule has 0 saturated carbocycles. The van der Waals surface area contributed by atoms with Crippen LogP contribution < -0.4 is 10.1 Å². The van der Waals surface area contributed by atoms with E-state index < -0.39 is 0 Å². The number of aryl methyl sites for hydroxylation is 1. The lowest BCUT2D eigenvalue weighted by molar-refractivity contribution is -0.121. The highest BCUT2D eigenvalue weighted by Gasteiger charge is 2.25. The molecular weight excluding hydrogens is 384 g/mol. The zero-order chi connectivity index (χ0) is 20.1. The second kappa shape index (κ2) is 9.15. The van der Waals surface area contributed by atoms with Crippen LogP contribution in [-0.2, 0) is 11.3 Å². The molecule has 1 saturated heterocycles. The van der Waals surface area contributed by atoms with Crippen molar-refractivity contribution in [3.63, 3.8) is 0 Å². The Bertz CT molecular complexity index is 935. The summed E-state index contributed by atoms with van der Waals surface area (Å²) in [6.45, 7) is 4.75. The normalized spacial score (nSPS) is 15.2. The number of hydrogen-bond donors (Lipinski definition) is 1. The number of nitrogens with one attached hydrogen (secondary N) is 1. The Hall–Kier alpha value is -2.77. The number of carbonyl (C=O) groups excluding carboxylic acids is 1. The molecule has 3 aromatic rings. The van der Waals surface area contributed by atoms with Gasteiger partial charge in [0.2, 0.25) is 5.91 Å². The Labute approximate surface area is 174 Å². The van der Waals surface area contributed by atoms with Crippen molar-refractivity contribution < 1.29 is 9.53 Å². The van der Waals surface area contributed by atoms with Gasteiger partial charge in [0.1, 0.15) is 11.5 Å². The Morgan fingerprint density at radius 1 is 1.14 bits per heavy atom. The molecule has 150 valence electrons. The van der Waals surface area contributed by atoms with Gasteiger partial charge in [-0.1, -0.05) is 0 Å². The van der Waals surface area contributed by atoms with Crippen molar-refractivity contribution in [1.82, 2.24) is 14.9 Å². The van der Waals surface area contributed by atoms with Gasteiger partial charge in [0.05, 0.1) is 10.7 Å². The molecule has 0 aliphatic carbocycles. The van der Waals surface area contributed by atoms with Crippen molar-refractivity contribution in [2.45, 2.75) is 26.3 Å². The van der Waals surface area contributed by atoms with Crippen molar-refractivity contribution >= 4 is 22.9 Å². The van der Waals surface area contributed by atoms with E-state index in [2.05, 4.69) is 25.6 Å². The number of likely N-dealkylation sites (tertiary alicyclic amines) is 1. The molecule has 1 aliphatic heterocycles. The minimum absolute atomic E-state index is 0.0520. The van der Waals surface area contributed by atoms with Gasteiger partial charge in [0.25, 0.3) is 0 Å². The van der Waals surface area contributed by atoms with E-state index >= 15 is 0 Å². The van der Waals surface area contributed by atoms with Crippen molar-refractivity contribution in [3.05, 3.63) is 64.9 Å². The van der Waals surface area contributed by atoms with Crippen molar-refractivity contribution in [2.75, 3.05) is 18.4 Å². The Morgan fingerprint density at radius 2 is 1.83 bits per heavy atom. The number of carbonyl (C=O) groups is 1. The van der Waals surface area contributed by atoms with E-state index in [-0.39, 0.29) is 11.8 Å². The van der Waals surface area contributed by atoms with Crippen LogP contribution in [0.2, 0.25) is 0 Å². The molecular formula is C22H24N4O2S. The van der Waals surface area contributed by atoms with Crippen LogP contribution in [0.4, 0.5) is 5.69 Å². The number of nitrogens with zero attached hydrogens (tertiary/aromatic N) is 3. The second-order valence-electron chi connectivity index (χ2n) is 7.21. The van der Waals surface area contributed by atoms with Gasteiger partial charge in [-0.25, -0.2) is 4.98 Å². The van der Waals surface area contributed by atoms with Gasteiger partial charge >= 0.3 is 0 Å². The summed E-state index contributed by atoms with van der Waals surface area (Å²) in [6, 6.07) is 11.1. The summed E-state index contributed by atoms with van der Waals surface area (Å²) < 4.78 is 5.75. The predicted octanol–water partition coefficient (Wildman–Crippen LogP) is 4.49. The molecule has 29 heavy (non-hydrogen) atoms. The van der Waals surface area contributed by atoms with E-state index in [1.807, 2.05) is 31.2 Å². The van der Waals surface area contributed by atoms with Crippen LogP contribution >= 0.6 is 11.3 Å². The molecule has 1 fully saturated rings. The summed E-state index contributed by atoms with van der Waals surface area (Å²) in [6.07, 6.45) is 5.12. The standard InChI is InChI=1S/C22H24N4O2S/c1-16-24-19(15-29-16)14-26-12-8-17(9-13-26)22(27)25-18-2-4-20(5-3-18)28-21-6-10-23-11-7-21/h2-7,10-11,15,17H,8-9,12-14H2,1H3,(H,25,27). The van der Waals surface area contributed by atoms with Crippen LogP contribution in [0.15, 0.2) is 54.2 Å². The van der Waals surface area contributed by atoms with Gasteiger partial charge in [-0.15, -0.1) is 11.3 Å². The number of hydrogen-bond acceptors (Lipinski definition) is 6. The van der Waals surface area contributed by atoms with Crippen LogP contribution in [0.3, 0.4) is 0 Å². The first-order valence-corrected chi connectivity index (χ1v) is 10.7. The summed E-state index contributed by atoms with van der Waals surface area (Å²) in [7, 11) is 0. The first kappa shape index (κ1) is 19.5. The molecule has 1 aliphatic rings. The zero-order valence-corrected chi connectivity index (χ0v) is 17.2. The molecule has 1 aromatic carbocycles. The van der Waals surface area contributed by atoms with E-state index in [1.165, 1.54) is 0 Å². The first-order chi connectivity index (χ1) is 14.2. The third kappa shape index (κ3) is 5.40. The predicted molar refractivity (Wildman–Crippen MR) is 114 cm³/mol. The fourth-order valence-corrected chi connectivity index (χ4v) is 4.06. The zero-order valence-electron chi connectivity index (χ0n) is 16.4. The van der Waals surface area contributed by atoms with Crippen LogP contribution in [0, 0.1) is 12.8 Å². The summed E-state index contributed by atoms with van der Waals surface area (Å²) >= 11 is 1.69. The maximum absolute atomic E-state index is 12.6. The van der Waals surface area contributed by atoms with Gasteiger partial charge in [0.15, 0.2) is 0 Å². The number of aromatic nitrogens is 2. The van der Waals surface area contributed by atoms with E-state index in [4.69, 9.17) is 4.74 Å². The van der Waals surface area contributed by atoms with Gasteiger partial charge in [-0.3, -0.25) is 14.7 Å². The van der Waals surface area contributed by atoms with Gasteiger partial charge in [-0.05, 0) is 69.3 Å². The van der Waals surface area contributed by atoms with Crippen LogP contribution in [0.5, 0.6) is 11.5 Å². The number of piperidine rings is 1. The molecule has 1 N–H and O–H groups in total. The van der Waals surface area contributed by atoms with E-state index in [9.17, 15) is 4.79 Å². The third-order valence-electron chi connectivity index (χ3n) is 5.02. The summed E-state index contributed by atoms with van der Waals surface area (Å²) in [4.78, 5) is 23.5. The van der Waals surface area contributed by atoms with Crippen molar-refractivity contribution in [3.8, 4) is 11.5 Å². The molecule has 0 radical (unpaired) electrons. The summed E-state index contributed by atoms with van der Waals surface area (Å²) in [5, 5.41) is 6.26. The molecule has 6 nitrogen and oxygen atoms in total. The molecule has 0 unspecified atom stereocenters. The lowest BCUT2D eigenvalue weighted by Gasteiger charge is -2.30. The largest absolute Gasteiger partial charge is 0.457 e. The fourth-order valence-electron chi connectivity index (χ4n) is 3.46. The first-order valence-electron chi connectivity index (χ1n) is 9.78. The Kier molecular flexibility index (Phi) is 6.17. The highest BCUT2D eigenvalue weighted by Crippen LogP contribution is 2.24. The van der Waals surface area contributed by atoms with Crippen LogP contribution in [0.25, 0.3) is 0 Å². The molecule has 3 heterocycles. The Balaban J connectivity index is 1.25. The molecule has 1 amide bonds. The average molecular weight is 409 g/mol. The molecule has 0 bridgehead atoms. The number of rotatable bonds is 6. The van der Waals surface area contributed by atoms with Crippen LogP contribution in [0.1, 0.15) is 23.5 Å². The number of pyridine rings is 1. The quantitative estimate of drug-likeness (QED) is 0.651.